The quantitative estimate of drug-likeness (QED) is 0.309. The average Bonchev–Trinajstić information content (AvgIpc) is 3.19. The lowest BCUT2D eigenvalue weighted by Crippen LogP contribution is -2.20. The summed E-state index contributed by atoms with van der Waals surface area (Å²) in [5.41, 5.74) is 2.77. The molecule has 8 nitrogen and oxygen atoms in total. The summed E-state index contributed by atoms with van der Waals surface area (Å²) < 4.78 is 36.6. The van der Waals surface area contributed by atoms with Crippen LogP contribution < -0.4 is 4.72 Å². The molecule has 0 radical (unpaired) electrons. The standard InChI is InChI=1S/C27H24N4O4S/c1-3-35-27(32)23-24-26(29-22-17-11-10-16-21(22)28-24)31(18(2)19-12-6-4-7-13-19)25(23)30-36(33,34)20-14-8-5-9-15-20/h4-18,30H,3H2,1-2H3/t18-/m0/s1. The van der Waals surface area contributed by atoms with Crippen molar-refractivity contribution in [2.45, 2.75) is 24.8 Å². The fourth-order valence-electron chi connectivity index (χ4n) is 4.21. The summed E-state index contributed by atoms with van der Waals surface area (Å²) in [5, 5.41) is 0. The van der Waals surface area contributed by atoms with Gasteiger partial charge in [-0.3, -0.25) is 4.72 Å². The molecule has 0 aliphatic rings. The predicted octanol–water partition coefficient (Wildman–Crippen LogP) is 5.17. The van der Waals surface area contributed by atoms with Crippen LogP contribution in [-0.2, 0) is 14.8 Å². The molecule has 1 N–H and O–H groups in total. The normalized spacial score (nSPS) is 12.5. The number of hydrogen-bond donors (Lipinski definition) is 1. The lowest BCUT2D eigenvalue weighted by atomic mass is 10.1. The number of hydrogen-bond acceptors (Lipinski definition) is 6. The molecule has 3 aromatic carbocycles. The van der Waals surface area contributed by atoms with Crippen molar-refractivity contribution in [2.75, 3.05) is 11.3 Å². The first kappa shape index (κ1) is 23.5. The second-order valence-corrected chi connectivity index (χ2v) is 9.89. The molecule has 0 amide bonds. The lowest BCUT2D eigenvalue weighted by molar-refractivity contribution is 0.0529. The first-order chi connectivity index (χ1) is 17.4. The van der Waals surface area contributed by atoms with Gasteiger partial charge in [-0.05, 0) is 43.7 Å². The fraction of sp³-hybridized carbons (Fsp3) is 0.148. The monoisotopic (exact) mass is 500 g/mol. The highest BCUT2D eigenvalue weighted by molar-refractivity contribution is 7.92. The number of anilines is 1. The van der Waals surface area contributed by atoms with Crippen molar-refractivity contribution in [3.8, 4) is 0 Å². The Kier molecular flexibility index (Phi) is 6.15. The van der Waals surface area contributed by atoms with Crippen LogP contribution in [0.3, 0.4) is 0 Å². The molecule has 5 rings (SSSR count). The number of sulfonamides is 1. The maximum Gasteiger partial charge on any atom is 0.344 e. The number of carbonyl (C=O) groups excluding carboxylic acids is 1. The summed E-state index contributed by atoms with van der Waals surface area (Å²) in [7, 11) is -4.05. The summed E-state index contributed by atoms with van der Waals surface area (Å²) in [6, 6.07) is 24.5. The summed E-state index contributed by atoms with van der Waals surface area (Å²) in [6.45, 7) is 3.73. The van der Waals surface area contributed by atoms with E-state index in [0.717, 1.165) is 5.56 Å². The van der Waals surface area contributed by atoms with Gasteiger partial charge in [0.2, 0.25) is 0 Å². The van der Waals surface area contributed by atoms with Gasteiger partial charge in [0, 0.05) is 0 Å². The molecule has 0 bridgehead atoms. The number of carbonyl (C=O) groups is 1. The Morgan fingerprint density at radius 2 is 1.50 bits per heavy atom. The van der Waals surface area contributed by atoms with Gasteiger partial charge in [0.05, 0.1) is 28.6 Å². The van der Waals surface area contributed by atoms with E-state index in [-0.39, 0.29) is 34.4 Å². The molecule has 5 aromatic rings. The van der Waals surface area contributed by atoms with E-state index in [2.05, 4.69) is 4.72 Å². The predicted molar refractivity (Wildman–Crippen MR) is 138 cm³/mol. The maximum atomic E-state index is 13.4. The minimum atomic E-state index is -4.05. The highest BCUT2D eigenvalue weighted by atomic mass is 32.2. The fourth-order valence-corrected chi connectivity index (χ4v) is 5.29. The van der Waals surface area contributed by atoms with Crippen molar-refractivity contribution in [3.05, 3.63) is 96.1 Å². The van der Waals surface area contributed by atoms with Crippen LogP contribution >= 0.6 is 0 Å². The second kappa shape index (κ2) is 9.43. The number of para-hydroxylation sites is 2. The zero-order valence-electron chi connectivity index (χ0n) is 19.8. The van der Waals surface area contributed by atoms with Crippen molar-refractivity contribution in [3.63, 3.8) is 0 Å². The van der Waals surface area contributed by atoms with Crippen LogP contribution in [0.5, 0.6) is 0 Å². The van der Waals surface area contributed by atoms with Gasteiger partial charge in [-0.15, -0.1) is 0 Å². The Morgan fingerprint density at radius 1 is 0.917 bits per heavy atom. The van der Waals surface area contributed by atoms with Crippen LogP contribution in [0.15, 0.2) is 89.8 Å². The van der Waals surface area contributed by atoms with Crippen LogP contribution in [0.1, 0.15) is 35.8 Å². The molecule has 0 aliphatic carbocycles. The van der Waals surface area contributed by atoms with E-state index >= 15 is 0 Å². The first-order valence-corrected chi connectivity index (χ1v) is 13.0. The maximum absolute atomic E-state index is 13.4. The summed E-state index contributed by atoms with van der Waals surface area (Å²) in [5.74, 6) is -0.629. The summed E-state index contributed by atoms with van der Waals surface area (Å²) in [4.78, 5) is 22.9. The van der Waals surface area contributed by atoms with Crippen molar-refractivity contribution >= 4 is 44.0 Å². The number of nitrogens with zero attached hydrogens (tertiary/aromatic N) is 3. The second-order valence-electron chi connectivity index (χ2n) is 8.20. The van der Waals surface area contributed by atoms with E-state index in [1.807, 2.05) is 55.5 Å². The van der Waals surface area contributed by atoms with Crippen LogP contribution in [0, 0.1) is 0 Å². The Hall–Kier alpha value is -4.24. The summed E-state index contributed by atoms with van der Waals surface area (Å²) in [6.07, 6.45) is 0. The SMILES string of the molecule is CCOC(=O)c1c(NS(=O)(=O)c2ccccc2)n([C@@H](C)c2ccccc2)c2nc3ccccc3nc12. The third-order valence-corrected chi connectivity index (χ3v) is 7.28. The van der Waals surface area contributed by atoms with E-state index in [1.54, 1.807) is 35.8 Å². The molecule has 0 saturated heterocycles. The van der Waals surface area contributed by atoms with E-state index in [4.69, 9.17) is 14.7 Å². The smallest absolute Gasteiger partial charge is 0.344 e. The van der Waals surface area contributed by atoms with Gasteiger partial charge in [0.15, 0.2) is 5.65 Å². The van der Waals surface area contributed by atoms with Crippen molar-refractivity contribution < 1.29 is 17.9 Å². The van der Waals surface area contributed by atoms with Gasteiger partial charge in [-0.25, -0.2) is 23.2 Å². The molecule has 0 aliphatic heterocycles. The molecule has 2 heterocycles. The highest BCUT2D eigenvalue weighted by Gasteiger charge is 2.32. The molecular formula is C27H24N4O4S. The number of fused-ring (bicyclic) bond motifs is 2. The van der Waals surface area contributed by atoms with Gasteiger partial charge in [-0.2, -0.15) is 0 Å². The average molecular weight is 501 g/mol. The Morgan fingerprint density at radius 3 is 2.14 bits per heavy atom. The molecule has 36 heavy (non-hydrogen) atoms. The van der Waals surface area contributed by atoms with Gasteiger partial charge in [0.25, 0.3) is 10.0 Å². The zero-order valence-corrected chi connectivity index (χ0v) is 20.6. The molecule has 0 unspecified atom stereocenters. The van der Waals surface area contributed by atoms with Crippen molar-refractivity contribution in [2.24, 2.45) is 0 Å². The highest BCUT2D eigenvalue weighted by Crippen LogP contribution is 2.36. The van der Waals surface area contributed by atoms with Crippen LogP contribution in [0.4, 0.5) is 5.82 Å². The van der Waals surface area contributed by atoms with Gasteiger partial charge >= 0.3 is 5.97 Å². The zero-order chi connectivity index (χ0) is 25.3. The first-order valence-electron chi connectivity index (χ1n) is 11.5. The largest absolute Gasteiger partial charge is 0.462 e. The van der Waals surface area contributed by atoms with Crippen LogP contribution in [0.25, 0.3) is 22.2 Å². The van der Waals surface area contributed by atoms with E-state index in [1.165, 1.54) is 12.1 Å². The minimum Gasteiger partial charge on any atom is -0.462 e. The van der Waals surface area contributed by atoms with E-state index < -0.39 is 16.0 Å². The summed E-state index contributed by atoms with van der Waals surface area (Å²) >= 11 is 0. The van der Waals surface area contributed by atoms with Crippen LogP contribution in [-0.4, -0.2) is 35.5 Å². The number of esters is 1. The molecule has 1 atom stereocenters. The Bertz CT molecular complexity index is 1670. The Balaban J connectivity index is 1.85. The van der Waals surface area contributed by atoms with Crippen LogP contribution in [0.2, 0.25) is 0 Å². The van der Waals surface area contributed by atoms with Gasteiger partial charge < -0.3 is 9.30 Å². The molecule has 0 fully saturated rings. The van der Waals surface area contributed by atoms with E-state index in [0.29, 0.717) is 16.7 Å². The molecule has 0 saturated carbocycles. The Labute approximate surface area is 208 Å². The minimum absolute atomic E-state index is 0.0207. The van der Waals surface area contributed by atoms with E-state index in [9.17, 15) is 13.2 Å². The topological polar surface area (TPSA) is 103 Å². The molecule has 182 valence electrons. The number of aromatic nitrogens is 3. The lowest BCUT2D eigenvalue weighted by Gasteiger charge is -2.20. The third kappa shape index (κ3) is 4.18. The van der Waals surface area contributed by atoms with Gasteiger partial charge in [0.1, 0.15) is 16.9 Å². The third-order valence-electron chi connectivity index (χ3n) is 5.93. The number of rotatable bonds is 7. The molecule has 2 aromatic heterocycles. The van der Waals surface area contributed by atoms with Crippen molar-refractivity contribution in [1.29, 1.82) is 0 Å². The van der Waals surface area contributed by atoms with Gasteiger partial charge in [-0.1, -0.05) is 60.7 Å². The molecule has 0 spiro atoms. The number of benzene rings is 3. The number of nitrogens with one attached hydrogen (secondary N) is 1. The molecular weight excluding hydrogens is 476 g/mol. The molecule has 9 heteroatoms. The van der Waals surface area contributed by atoms with Crippen molar-refractivity contribution in [1.82, 2.24) is 14.5 Å². The number of ether oxygens (including phenoxy) is 1.